The van der Waals surface area contributed by atoms with E-state index >= 15 is 0 Å². The first-order chi connectivity index (χ1) is 12.0. The van der Waals surface area contributed by atoms with Gasteiger partial charge in [-0.05, 0) is 48.5 Å². The Morgan fingerprint density at radius 1 is 0.800 bits per heavy atom. The van der Waals surface area contributed by atoms with Crippen LogP contribution >= 0.6 is 0 Å². The number of hydrogen-bond acceptors (Lipinski definition) is 6. The van der Waals surface area contributed by atoms with Crippen molar-refractivity contribution < 1.29 is 19.1 Å². The summed E-state index contributed by atoms with van der Waals surface area (Å²) >= 11 is 0. The summed E-state index contributed by atoms with van der Waals surface area (Å²) in [5, 5.41) is 7.07. The number of ether oxygens (including phenoxy) is 2. The Morgan fingerprint density at radius 3 is 1.76 bits per heavy atom. The number of nitrogens with one attached hydrogen (secondary N) is 1. The average molecular weight is 337 g/mol. The molecule has 0 saturated heterocycles. The molecule has 0 radical (unpaired) electrons. The van der Waals surface area contributed by atoms with Crippen molar-refractivity contribution in [2.75, 3.05) is 0 Å². The van der Waals surface area contributed by atoms with Crippen LogP contribution in [0.4, 0.5) is 0 Å². The molecule has 3 aromatic rings. The molecule has 0 fully saturated rings. The minimum Gasteiger partial charge on any atom is -0.427 e. The molecular formula is C18H15N3O4. The van der Waals surface area contributed by atoms with Crippen molar-refractivity contribution in [3.05, 3.63) is 48.5 Å². The molecule has 0 aliphatic rings. The number of H-pyrrole nitrogens is 1. The van der Waals surface area contributed by atoms with Crippen molar-refractivity contribution in [3.8, 4) is 34.3 Å². The van der Waals surface area contributed by atoms with Gasteiger partial charge in [0.1, 0.15) is 11.5 Å². The first-order valence-corrected chi connectivity index (χ1v) is 7.51. The van der Waals surface area contributed by atoms with Gasteiger partial charge in [0.25, 0.3) is 0 Å². The normalized spacial score (nSPS) is 10.3. The van der Waals surface area contributed by atoms with E-state index < -0.39 is 0 Å². The standard InChI is InChI=1S/C18H15N3O4/c1-11(22)24-15-7-3-13(4-8-15)17-19-18(21-20-17)14-5-9-16(10-6-14)25-12(2)23/h3-10H,1-2H3,(H,19,20,21). The summed E-state index contributed by atoms with van der Waals surface area (Å²) in [6.07, 6.45) is 0. The highest BCUT2D eigenvalue weighted by molar-refractivity contribution is 5.70. The van der Waals surface area contributed by atoms with Gasteiger partial charge in [0.05, 0.1) is 0 Å². The van der Waals surface area contributed by atoms with Crippen LogP contribution < -0.4 is 9.47 Å². The summed E-state index contributed by atoms with van der Waals surface area (Å²) in [5.41, 5.74) is 1.60. The maximum Gasteiger partial charge on any atom is 0.308 e. The third-order valence-corrected chi connectivity index (χ3v) is 3.25. The largest absolute Gasteiger partial charge is 0.427 e. The SMILES string of the molecule is CC(=O)Oc1ccc(-c2n[nH]c(-c3ccc(OC(C)=O)cc3)n2)cc1. The van der Waals surface area contributed by atoms with Crippen LogP contribution in [0.5, 0.6) is 11.5 Å². The van der Waals surface area contributed by atoms with Crippen LogP contribution in [0.3, 0.4) is 0 Å². The van der Waals surface area contributed by atoms with Crippen molar-refractivity contribution in [2.24, 2.45) is 0 Å². The smallest absolute Gasteiger partial charge is 0.308 e. The first kappa shape index (κ1) is 16.4. The van der Waals surface area contributed by atoms with Gasteiger partial charge in [-0.1, -0.05) is 0 Å². The number of nitrogens with zero attached hydrogens (tertiary/aromatic N) is 2. The Hall–Kier alpha value is -3.48. The number of benzene rings is 2. The van der Waals surface area contributed by atoms with Crippen LogP contribution in [0.1, 0.15) is 13.8 Å². The van der Waals surface area contributed by atoms with Crippen molar-refractivity contribution in [1.29, 1.82) is 0 Å². The summed E-state index contributed by atoms with van der Waals surface area (Å²) in [5.74, 6) is 1.31. The fraction of sp³-hybridized carbons (Fsp3) is 0.111. The highest BCUT2D eigenvalue weighted by Crippen LogP contribution is 2.23. The van der Waals surface area contributed by atoms with Crippen molar-refractivity contribution in [3.63, 3.8) is 0 Å². The van der Waals surface area contributed by atoms with E-state index in [0.717, 1.165) is 11.1 Å². The molecule has 0 saturated carbocycles. The molecule has 2 aromatic carbocycles. The number of rotatable bonds is 4. The zero-order valence-corrected chi connectivity index (χ0v) is 13.6. The lowest BCUT2D eigenvalue weighted by molar-refractivity contribution is -0.132. The van der Waals surface area contributed by atoms with Gasteiger partial charge in [-0.25, -0.2) is 4.98 Å². The number of carbonyl (C=O) groups excluding carboxylic acids is 2. The molecule has 1 heterocycles. The van der Waals surface area contributed by atoms with Crippen LogP contribution in [0.2, 0.25) is 0 Å². The Labute approximate surface area is 143 Å². The quantitative estimate of drug-likeness (QED) is 0.581. The second-order valence-electron chi connectivity index (χ2n) is 5.24. The average Bonchev–Trinajstić information content (AvgIpc) is 3.05. The van der Waals surface area contributed by atoms with E-state index in [9.17, 15) is 9.59 Å². The lowest BCUT2D eigenvalue weighted by Crippen LogP contribution is -2.00. The van der Waals surface area contributed by atoms with E-state index in [2.05, 4.69) is 15.2 Å². The maximum absolute atomic E-state index is 10.9. The lowest BCUT2D eigenvalue weighted by atomic mass is 10.2. The van der Waals surface area contributed by atoms with E-state index in [-0.39, 0.29) is 11.9 Å². The Bertz CT molecular complexity index is 825. The van der Waals surface area contributed by atoms with Crippen LogP contribution in [-0.2, 0) is 9.59 Å². The molecule has 0 amide bonds. The molecule has 1 N–H and O–H groups in total. The molecule has 0 bridgehead atoms. The number of aromatic nitrogens is 3. The molecule has 0 aliphatic carbocycles. The summed E-state index contributed by atoms with van der Waals surface area (Å²) in [6, 6.07) is 13.9. The van der Waals surface area contributed by atoms with Crippen LogP contribution in [0.15, 0.2) is 48.5 Å². The molecule has 126 valence electrons. The third kappa shape index (κ3) is 4.08. The van der Waals surface area contributed by atoms with Crippen molar-refractivity contribution >= 4 is 11.9 Å². The predicted molar refractivity (Wildman–Crippen MR) is 89.9 cm³/mol. The van der Waals surface area contributed by atoms with E-state index in [0.29, 0.717) is 23.1 Å². The van der Waals surface area contributed by atoms with E-state index in [1.165, 1.54) is 13.8 Å². The van der Waals surface area contributed by atoms with Crippen molar-refractivity contribution in [1.82, 2.24) is 15.2 Å². The second kappa shape index (κ2) is 6.96. The summed E-state index contributed by atoms with van der Waals surface area (Å²) < 4.78 is 9.99. The van der Waals surface area contributed by atoms with E-state index in [1.54, 1.807) is 48.5 Å². The van der Waals surface area contributed by atoms with Gasteiger partial charge in [-0.2, -0.15) is 5.10 Å². The molecule has 0 spiro atoms. The molecule has 7 nitrogen and oxygen atoms in total. The highest BCUT2D eigenvalue weighted by atomic mass is 16.5. The summed E-state index contributed by atoms with van der Waals surface area (Å²) in [4.78, 5) is 26.3. The van der Waals surface area contributed by atoms with Crippen LogP contribution in [0, 0.1) is 0 Å². The van der Waals surface area contributed by atoms with Gasteiger partial charge in [0.2, 0.25) is 0 Å². The molecule has 0 atom stereocenters. The lowest BCUT2D eigenvalue weighted by Gasteiger charge is -2.02. The van der Waals surface area contributed by atoms with Gasteiger partial charge in [0.15, 0.2) is 11.6 Å². The Balaban J connectivity index is 1.77. The topological polar surface area (TPSA) is 94.2 Å². The molecule has 3 rings (SSSR count). The van der Waals surface area contributed by atoms with E-state index in [1.807, 2.05) is 0 Å². The molecule has 0 unspecified atom stereocenters. The van der Waals surface area contributed by atoms with Gasteiger partial charge < -0.3 is 9.47 Å². The van der Waals surface area contributed by atoms with Gasteiger partial charge in [0, 0.05) is 25.0 Å². The summed E-state index contributed by atoms with van der Waals surface area (Å²) in [7, 11) is 0. The number of hydrogen-bond donors (Lipinski definition) is 1. The fourth-order valence-electron chi connectivity index (χ4n) is 2.20. The van der Waals surface area contributed by atoms with Crippen LogP contribution in [0.25, 0.3) is 22.8 Å². The number of carbonyl (C=O) groups is 2. The zero-order chi connectivity index (χ0) is 17.8. The monoisotopic (exact) mass is 337 g/mol. The van der Waals surface area contributed by atoms with Gasteiger partial charge in [-0.3, -0.25) is 14.7 Å². The molecule has 25 heavy (non-hydrogen) atoms. The minimum atomic E-state index is -0.370. The molecule has 7 heteroatoms. The Kier molecular flexibility index (Phi) is 4.56. The first-order valence-electron chi connectivity index (χ1n) is 7.51. The molecule has 0 aliphatic heterocycles. The van der Waals surface area contributed by atoms with Gasteiger partial charge >= 0.3 is 11.9 Å². The highest BCUT2D eigenvalue weighted by Gasteiger charge is 2.09. The van der Waals surface area contributed by atoms with Crippen LogP contribution in [-0.4, -0.2) is 27.1 Å². The minimum absolute atomic E-state index is 0.369. The third-order valence-electron chi connectivity index (χ3n) is 3.25. The molecule has 1 aromatic heterocycles. The number of aromatic amines is 1. The molecular weight excluding hydrogens is 322 g/mol. The summed E-state index contributed by atoms with van der Waals surface area (Å²) in [6.45, 7) is 2.70. The zero-order valence-electron chi connectivity index (χ0n) is 13.6. The number of esters is 2. The predicted octanol–water partition coefficient (Wildman–Crippen LogP) is 2.99. The Morgan fingerprint density at radius 2 is 1.28 bits per heavy atom. The fourth-order valence-corrected chi connectivity index (χ4v) is 2.20. The van der Waals surface area contributed by atoms with E-state index in [4.69, 9.17) is 9.47 Å². The second-order valence-corrected chi connectivity index (χ2v) is 5.24. The van der Waals surface area contributed by atoms with Gasteiger partial charge in [-0.15, -0.1) is 0 Å². The van der Waals surface area contributed by atoms with Crippen molar-refractivity contribution in [2.45, 2.75) is 13.8 Å². The maximum atomic E-state index is 10.9.